The molecule has 8 nitrogen and oxygen atoms in total. The summed E-state index contributed by atoms with van der Waals surface area (Å²) in [5, 5.41) is 0. The molecule has 1 unspecified atom stereocenters. The molecular formula is C25H27F3N4O4S2. The van der Waals surface area contributed by atoms with Crippen LogP contribution in [0, 0.1) is 4.78 Å². The Kier molecular flexibility index (Phi) is 7.90. The van der Waals surface area contributed by atoms with Gasteiger partial charge in [-0.05, 0) is 72.9 Å². The summed E-state index contributed by atoms with van der Waals surface area (Å²) < 4.78 is 90.8. The average Bonchev–Trinajstić information content (AvgIpc) is 2.97. The van der Waals surface area contributed by atoms with Gasteiger partial charge in [-0.3, -0.25) is 4.72 Å². The van der Waals surface area contributed by atoms with Gasteiger partial charge in [-0.1, -0.05) is 24.3 Å². The molecule has 0 aliphatic carbocycles. The van der Waals surface area contributed by atoms with E-state index < -0.39 is 32.1 Å². The summed E-state index contributed by atoms with van der Waals surface area (Å²) in [5.74, 6) is -0.459. The summed E-state index contributed by atoms with van der Waals surface area (Å²) in [7, 11) is -6.92. The molecule has 0 saturated carbocycles. The predicted molar refractivity (Wildman–Crippen MR) is 141 cm³/mol. The van der Waals surface area contributed by atoms with Crippen LogP contribution in [0.4, 0.5) is 30.2 Å². The lowest BCUT2D eigenvalue weighted by atomic mass is 10.0. The van der Waals surface area contributed by atoms with Crippen LogP contribution in [0.15, 0.2) is 71.6 Å². The minimum absolute atomic E-state index is 0.0361. The molecule has 204 valence electrons. The summed E-state index contributed by atoms with van der Waals surface area (Å²) in [4.78, 5) is 2.12. The SMILES string of the molecule is CS(=O)(=O)Nc1ccc2c(c1)N(CCCNS(=N)(=O)c1ccc(OC(F)(F)F)cc1)c1ccccc1CC2. The number of aryl methyl sites for hydroxylation is 2. The molecule has 0 fully saturated rings. The van der Waals surface area contributed by atoms with Crippen LogP contribution < -0.4 is 19.1 Å². The molecule has 0 saturated heterocycles. The molecule has 0 aromatic heterocycles. The highest BCUT2D eigenvalue weighted by molar-refractivity contribution is 7.92. The van der Waals surface area contributed by atoms with E-state index >= 15 is 0 Å². The van der Waals surface area contributed by atoms with Gasteiger partial charge in [-0.2, -0.15) is 0 Å². The molecule has 0 amide bonds. The number of rotatable bonds is 9. The van der Waals surface area contributed by atoms with Crippen molar-refractivity contribution in [1.82, 2.24) is 4.72 Å². The van der Waals surface area contributed by atoms with Crippen LogP contribution in [0.2, 0.25) is 0 Å². The minimum Gasteiger partial charge on any atom is -0.406 e. The van der Waals surface area contributed by atoms with Crippen molar-refractivity contribution in [3.05, 3.63) is 77.9 Å². The number of alkyl halides is 3. The van der Waals surface area contributed by atoms with Gasteiger partial charge in [0, 0.05) is 24.5 Å². The number of nitrogens with one attached hydrogen (secondary N) is 3. The van der Waals surface area contributed by atoms with Crippen molar-refractivity contribution in [2.75, 3.05) is 29.0 Å². The number of para-hydroxylation sites is 1. The topological polar surface area (TPSA) is 112 Å². The maximum Gasteiger partial charge on any atom is 0.573 e. The van der Waals surface area contributed by atoms with E-state index in [4.69, 9.17) is 4.78 Å². The zero-order valence-corrected chi connectivity index (χ0v) is 22.0. The number of hydrogen-bond donors (Lipinski definition) is 3. The number of fused-ring (bicyclic) bond motifs is 2. The molecule has 3 aromatic carbocycles. The van der Waals surface area contributed by atoms with Crippen LogP contribution in [-0.2, 0) is 32.8 Å². The monoisotopic (exact) mass is 568 g/mol. The second-order valence-electron chi connectivity index (χ2n) is 8.82. The van der Waals surface area contributed by atoms with Crippen LogP contribution in [0.25, 0.3) is 0 Å². The van der Waals surface area contributed by atoms with Gasteiger partial charge in [0.05, 0.1) is 16.8 Å². The van der Waals surface area contributed by atoms with E-state index in [0.29, 0.717) is 18.7 Å². The van der Waals surface area contributed by atoms with Gasteiger partial charge in [0.1, 0.15) is 15.7 Å². The first-order valence-corrected chi connectivity index (χ1v) is 15.1. The lowest BCUT2D eigenvalue weighted by molar-refractivity contribution is -0.274. The van der Waals surface area contributed by atoms with Gasteiger partial charge in [0.15, 0.2) is 0 Å². The molecule has 0 bridgehead atoms. The third-order valence-corrected chi connectivity index (χ3v) is 8.03. The molecule has 0 radical (unpaired) electrons. The number of anilines is 3. The largest absolute Gasteiger partial charge is 0.573 e. The highest BCUT2D eigenvalue weighted by Crippen LogP contribution is 2.37. The fourth-order valence-corrected chi connectivity index (χ4v) is 5.97. The summed E-state index contributed by atoms with van der Waals surface area (Å²) in [5.41, 5.74) is 4.48. The van der Waals surface area contributed by atoms with E-state index in [1.54, 1.807) is 12.1 Å². The Balaban J connectivity index is 1.49. The van der Waals surface area contributed by atoms with Crippen molar-refractivity contribution in [3.63, 3.8) is 0 Å². The van der Waals surface area contributed by atoms with Crippen LogP contribution in [-0.4, -0.2) is 38.3 Å². The van der Waals surface area contributed by atoms with E-state index in [0.717, 1.165) is 53.7 Å². The van der Waals surface area contributed by atoms with Crippen molar-refractivity contribution >= 4 is 37.0 Å². The first kappa shape index (κ1) is 27.7. The fraction of sp³-hybridized carbons (Fsp3) is 0.280. The summed E-state index contributed by atoms with van der Waals surface area (Å²) in [6.07, 6.45) is -1.69. The lowest BCUT2D eigenvalue weighted by Gasteiger charge is -2.27. The molecule has 0 spiro atoms. The number of nitrogens with zero attached hydrogens (tertiary/aromatic N) is 1. The summed E-state index contributed by atoms with van der Waals surface area (Å²) >= 11 is 0. The van der Waals surface area contributed by atoms with Crippen molar-refractivity contribution < 1.29 is 30.5 Å². The average molecular weight is 569 g/mol. The van der Waals surface area contributed by atoms with Crippen LogP contribution in [0.5, 0.6) is 5.75 Å². The molecule has 13 heteroatoms. The zero-order valence-electron chi connectivity index (χ0n) is 20.4. The van der Waals surface area contributed by atoms with Gasteiger partial charge < -0.3 is 9.64 Å². The van der Waals surface area contributed by atoms with Crippen LogP contribution in [0.3, 0.4) is 0 Å². The Morgan fingerprint density at radius 3 is 2.26 bits per heavy atom. The number of halogens is 3. The Morgan fingerprint density at radius 2 is 1.61 bits per heavy atom. The maximum atomic E-state index is 12.9. The van der Waals surface area contributed by atoms with Gasteiger partial charge in [-0.25, -0.2) is 22.1 Å². The standard InChI is InChI=1S/C25H27F3N4O4S2/c1-37(33,34)31-20-10-9-19-8-7-18-5-2-3-6-23(18)32(24(19)17-20)16-4-15-30-38(29,35)22-13-11-21(12-14-22)36-25(26,27)28/h2-3,5-6,9-14,17,31H,4,7-8,15-16H2,1H3,(H2,29,30,35). The van der Waals surface area contributed by atoms with E-state index in [1.165, 1.54) is 12.1 Å². The van der Waals surface area contributed by atoms with Crippen molar-refractivity contribution in [3.8, 4) is 5.75 Å². The molecular weight excluding hydrogens is 541 g/mol. The second-order valence-corrected chi connectivity index (χ2v) is 12.4. The lowest BCUT2D eigenvalue weighted by Crippen LogP contribution is -2.28. The Labute approximate surface area is 220 Å². The first-order valence-electron chi connectivity index (χ1n) is 11.7. The third-order valence-electron chi connectivity index (χ3n) is 5.88. The number of sulfonamides is 1. The molecule has 1 atom stereocenters. The number of hydrogen-bond acceptors (Lipinski definition) is 6. The van der Waals surface area contributed by atoms with Gasteiger partial charge in [-0.15, -0.1) is 13.2 Å². The first-order chi connectivity index (χ1) is 17.8. The number of ether oxygens (including phenoxy) is 1. The Bertz CT molecular complexity index is 1510. The fourth-order valence-electron chi connectivity index (χ4n) is 4.30. The van der Waals surface area contributed by atoms with Crippen LogP contribution in [0.1, 0.15) is 17.5 Å². The molecule has 3 N–H and O–H groups in total. The molecule has 3 aromatic rings. The van der Waals surface area contributed by atoms with E-state index in [2.05, 4.69) is 19.1 Å². The van der Waals surface area contributed by atoms with E-state index in [-0.39, 0.29) is 11.4 Å². The molecule has 4 rings (SSSR count). The van der Waals surface area contributed by atoms with E-state index in [1.807, 2.05) is 30.3 Å². The molecule has 1 heterocycles. The maximum absolute atomic E-state index is 12.9. The normalized spacial score (nSPS) is 15.1. The highest BCUT2D eigenvalue weighted by atomic mass is 32.2. The molecule has 38 heavy (non-hydrogen) atoms. The summed E-state index contributed by atoms with van der Waals surface area (Å²) in [6, 6.07) is 17.7. The van der Waals surface area contributed by atoms with Crippen molar-refractivity contribution in [1.29, 1.82) is 4.78 Å². The van der Waals surface area contributed by atoms with Gasteiger partial charge >= 0.3 is 6.36 Å². The quantitative estimate of drug-likeness (QED) is 0.308. The Morgan fingerprint density at radius 1 is 0.947 bits per heavy atom. The van der Waals surface area contributed by atoms with Gasteiger partial charge in [0.25, 0.3) is 0 Å². The van der Waals surface area contributed by atoms with Crippen LogP contribution >= 0.6 is 0 Å². The minimum atomic E-state index is -4.84. The highest BCUT2D eigenvalue weighted by Gasteiger charge is 2.31. The predicted octanol–water partition coefficient (Wildman–Crippen LogP) is 5.19. The van der Waals surface area contributed by atoms with E-state index in [9.17, 15) is 25.8 Å². The van der Waals surface area contributed by atoms with Gasteiger partial charge in [0.2, 0.25) is 10.0 Å². The van der Waals surface area contributed by atoms with Crippen molar-refractivity contribution in [2.24, 2.45) is 0 Å². The second kappa shape index (κ2) is 10.8. The molecule has 1 aliphatic rings. The van der Waals surface area contributed by atoms with Crippen molar-refractivity contribution in [2.45, 2.75) is 30.5 Å². The smallest absolute Gasteiger partial charge is 0.406 e. The number of benzene rings is 3. The summed E-state index contributed by atoms with van der Waals surface area (Å²) in [6.45, 7) is 0.672. The third kappa shape index (κ3) is 7.17. The zero-order chi connectivity index (χ0) is 27.6. The molecule has 1 aliphatic heterocycles. The Hall–Kier alpha value is -3.29.